The van der Waals surface area contributed by atoms with Crippen molar-refractivity contribution in [2.75, 3.05) is 32.1 Å². The van der Waals surface area contributed by atoms with E-state index in [0.29, 0.717) is 18.7 Å². The number of anilines is 1. The second-order valence-corrected chi connectivity index (χ2v) is 3.66. The molecule has 0 bridgehead atoms. The number of methoxy groups -OCH3 is 1. The van der Waals surface area contributed by atoms with E-state index < -0.39 is 0 Å². The molecule has 0 aliphatic carbocycles. The SMILES string of the molecule is CCNc1cc(C(=O)NCCOC)cc(C)n1. The first-order chi connectivity index (χ1) is 8.17. The van der Waals surface area contributed by atoms with E-state index in [1.165, 1.54) is 0 Å². The van der Waals surface area contributed by atoms with Gasteiger partial charge in [-0.3, -0.25) is 4.79 Å². The number of nitrogens with one attached hydrogen (secondary N) is 2. The summed E-state index contributed by atoms with van der Waals surface area (Å²) in [7, 11) is 1.60. The zero-order valence-corrected chi connectivity index (χ0v) is 10.5. The zero-order valence-electron chi connectivity index (χ0n) is 10.5. The van der Waals surface area contributed by atoms with Crippen LogP contribution in [-0.4, -0.2) is 37.7 Å². The number of hydrogen-bond acceptors (Lipinski definition) is 4. The number of aromatic nitrogens is 1. The Morgan fingerprint density at radius 1 is 1.47 bits per heavy atom. The highest BCUT2D eigenvalue weighted by atomic mass is 16.5. The molecule has 5 nitrogen and oxygen atoms in total. The van der Waals surface area contributed by atoms with Gasteiger partial charge in [0.05, 0.1) is 6.61 Å². The van der Waals surface area contributed by atoms with E-state index in [0.717, 1.165) is 18.1 Å². The predicted molar refractivity (Wildman–Crippen MR) is 67.3 cm³/mol. The molecule has 1 aromatic heterocycles. The summed E-state index contributed by atoms with van der Waals surface area (Å²) < 4.78 is 4.87. The number of nitrogens with zero attached hydrogens (tertiary/aromatic N) is 1. The van der Waals surface area contributed by atoms with Gasteiger partial charge in [0, 0.05) is 31.5 Å². The summed E-state index contributed by atoms with van der Waals surface area (Å²) in [5.74, 6) is 0.621. The van der Waals surface area contributed by atoms with Gasteiger partial charge in [-0.25, -0.2) is 4.98 Å². The fourth-order valence-corrected chi connectivity index (χ4v) is 1.44. The van der Waals surface area contributed by atoms with Crippen LogP contribution in [0.4, 0.5) is 5.82 Å². The van der Waals surface area contributed by atoms with Gasteiger partial charge in [-0.05, 0) is 26.0 Å². The maximum atomic E-state index is 11.8. The molecule has 1 amide bonds. The Labute approximate surface area is 102 Å². The second-order valence-electron chi connectivity index (χ2n) is 3.66. The molecule has 2 N–H and O–H groups in total. The van der Waals surface area contributed by atoms with Crippen LogP contribution in [0.2, 0.25) is 0 Å². The molecule has 0 unspecified atom stereocenters. The molecule has 0 spiro atoms. The Morgan fingerprint density at radius 2 is 2.24 bits per heavy atom. The Bertz CT molecular complexity index is 380. The highest BCUT2D eigenvalue weighted by Gasteiger charge is 2.07. The summed E-state index contributed by atoms with van der Waals surface area (Å²) in [6.45, 7) is 5.65. The molecule has 0 fully saturated rings. The molecular formula is C12H19N3O2. The summed E-state index contributed by atoms with van der Waals surface area (Å²) >= 11 is 0. The van der Waals surface area contributed by atoms with E-state index in [9.17, 15) is 4.79 Å². The normalized spacial score (nSPS) is 10.1. The molecule has 0 saturated carbocycles. The summed E-state index contributed by atoms with van der Waals surface area (Å²) in [5.41, 5.74) is 1.44. The van der Waals surface area contributed by atoms with Crippen molar-refractivity contribution in [1.29, 1.82) is 0 Å². The summed E-state index contributed by atoms with van der Waals surface area (Å²) in [4.78, 5) is 16.1. The maximum absolute atomic E-state index is 11.8. The molecule has 94 valence electrons. The van der Waals surface area contributed by atoms with Crippen molar-refractivity contribution in [3.8, 4) is 0 Å². The number of pyridine rings is 1. The van der Waals surface area contributed by atoms with Crippen LogP contribution in [0.1, 0.15) is 23.0 Å². The lowest BCUT2D eigenvalue weighted by Gasteiger charge is -2.08. The molecule has 1 aromatic rings. The average molecular weight is 237 g/mol. The molecule has 0 aliphatic rings. The van der Waals surface area contributed by atoms with Gasteiger partial charge in [-0.2, -0.15) is 0 Å². The third kappa shape index (κ3) is 4.40. The molecular weight excluding hydrogens is 218 g/mol. The van der Waals surface area contributed by atoms with Crippen LogP contribution in [-0.2, 0) is 4.74 Å². The van der Waals surface area contributed by atoms with Crippen LogP contribution in [0.15, 0.2) is 12.1 Å². The van der Waals surface area contributed by atoms with Crippen molar-refractivity contribution in [1.82, 2.24) is 10.3 Å². The minimum absolute atomic E-state index is 0.105. The standard InChI is InChI=1S/C12H19N3O2/c1-4-13-11-8-10(7-9(2)15-11)12(16)14-5-6-17-3/h7-8H,4-6H2,1-3H3,(H,13,15)(H,14,16). The van der Waals surface area contributed by atoms with Gasteiger partial charge in [0.2, 0.25) is 0 Å². The third-order valence-electron chi connectivity index (χ3n) is 2.17. The molecule has 0 radical (unpaired) electrons. The minimum Gasteiger partial charge on any atom is -0.383 e. The molecule has 0 saturated heterocycles. The van der Waals surface area contributed by atoms with E-state index >= 15 is 0 Å². The number of amides is 1. The van der Waals surface area contributed by atoms with Crippen LogP contribution in [0.25, 0.3) is 0 Å². The fraction of sp³-hybridized carbons (Fsp3) is 0.500. The third-order valence-corrected chi connectivity index (χ3v) is 2.17. The Kier molecular flexibility index (Phi) is 5.42. The van der Waals surface area contributed by atoms with Crippen molar-refractivity contribution in [2.45, 2.75) is 13.8 Å². The molecule has 17 heavy (non-hydrogen) atoms. The fourth-order valence-electron chi connectivity index (χ4n) is 1.44. The average Bonchev–Trinajstić information content (AvgIpc) is 2.29. The smallest absolute Gasteiger partial charge is 0.251 e. The van der Waals surface area contributed by atoms with Gasteiger partial charge in [0.1, 0.15) is 5.82 Å². The van der Waals surface area contributed by atoms with Crippen LogP contribution >= 0.6 is 0 Å². The number of carbonyl (C=O) groups excluding carboxylic acids is 1. The van der Waals surface area contributed by atoms with E-state index in [-0.39, 0.29) is 5.91 Å². The topological polar surface area (TPSA) is 63.2 Å². The van der Waals surface area contributed by atoms with Crippen molar-refractivity contribution >= 4 is 11.7 Å². The predicted octanol–water partition coefficient (Wildman–Crippen LogP) is 1.20. The van der Waals surface area contributed by atoms with Crippen LogP contribution in [0, 0.1) is 6.92 Å². The zero-order chi connectivity index (χ0) is 12.7. The van der Waals surface area contributed by atoms with E-state index in [4.69, 9.17) is 4.74 Å². The van der Waals surface area contributed by atoms with E-state index in [2.05, 4.69) is 15.6 Å². The van der Waals surface area contributed by atoms with Crippen LogP contribution < -0.4 is 10.6 Å². The van der Waals surface area contributed by atoms with Crippen molar-refractivity contribution in [3.05, 3.63) is 23.4 Å². The highest BCUT2D eigenvalue weighted by Crippen LogP contribution is 2.09. The van der Waals surface area contributed by atoms with Gasteiger partial charge < -0.3 is 15.4 Å². The minimum atomic E-state index is -0.105. The Morgan fingerprint density at radius 3 is 2.88 bits per heavy atom. The first kappa shape index (κ1) is 13.4. The van der Waals surface area contributed by atoms with Crippen molar-refractivity contribution in [3.63, 3.8) is 0 Å². The second kappa shape index (κ2) is 6.85. The Hall–Kier alpha value is -1.62. The summed E-state index contributed by atoms with van der Waals surface area (Å²) in [5, 5.41) is 5.87. The van der Waals surface area contributed by atoms with Crippen LogP contribution in [0.3, 0.4) is 0 Å². The van der Waals surface area contributed by atoms with Gasteiger partial charge in [0.15, 0.2) is 0 Å². The number of carbonyl (C=O) groups is 1. The van der Waals surface area contributed by atoms with Crippen molar-refractivity contribution in [2.24, 2.45) is 0 Å². The van der Waals surface area contributed by atoms with Crippen molar-refractivity contribution < 1.29 is 9.53 Å². The molecule has 5 heteroatoms. The Balaban J connectivity index is 2.71. The van der Waals surface area contributed by atoms with E-state index in [1.54, 1.807) is 19.2 Å². The molecule has 1 heterocycles. The highest BCUT2D eigenvalue weighted by molar-refractivity contribution is 5.94. The summed E-state index contributed by atoms with van der Waals surface area (Å²) in [6, 6.07) is 3.52. The van der Waals surface area contributed by atoms with Gasteiger partial charge in [-0.1, -0.05) is 0 Å². The molecule has 0 aromatic carbocycles. The lowest BCUT2D eigenvalue weighted by molar-refractivity contribution is 0.0937. The molecule has 0 aliphatic heterocycles. The quantitative estimate of drug-likeness (QED) is 0.730. The van der Waals surface area contributed by atoms with Gasteiger partial charge in [0.25, 0.3) is 5.91 Å². The van der Waals surface area contributed by atoms with E-state index in [1.807, 2.05) is 13.8 Å². The molecule has 1 rings (SSSR count). The van der Waals surface area contributed by atoms with Gasteiger partial charge in [-0.15, -0.1) is 0 Å². The number of hydrogen-bond donors (Lipinski definition) is 2. The first-order valence-corrected chi connectivity index (χ1v) is 5.67. The lowest BCUT2D eigenvalue weighted by atomic mass is 10.2. The molecule has 0 atom stereocenters. The largest absolute Gasteiger partial charge is 0.383 e. The number of rotatable bonds is 6. The monoisotopic (exact) mass is 237 g/mol. The van der Waals surface area contributed by atoms with Crippen LogP contribution in [0.5, 0.6) is 0 Å². The number of aryl methyl sites for hydroxylation is 1. The number of ether oxygens (including phenoxy) is 1. The van der Waals surface area contributed by atoms with Gasteiger partial charge >= 0.3 is 0 Å². The maximum Gasteiger partial charge on any atom is 0.251 e. The lowest BCUT2D eigenvalue weighted by Crippen LogP contribution is -2.27. The first-order valence-electron chi connectivity index (χ1n) is 5.67. The summed E-state index contributed by atoms with van der Waals surface area (Å²) in [6.07, 6.45) is 0.